The van der Waals surface area contributed by atoms with Crippen LogP contribution in [0.15, 0.2) is 36.4 Å². The number of ether oxygens (including phenoxy) is 8. The van der Waals surface area contributed by atoms with E-state index in [1.165, 1.54) is 0 Å². The Morgan fingerprint density at radius 1 is 0.545 bits per heavy atom. The molecule has 12 heteroatoms. The number of carbonyl (C=O) groups excluding carboxylic acids is 4. The van der Waals surface area contributed by atoms with Crippen LogP contribution in [0.2, 0.25) is 0 Å². The van der Waals surface area contributed by atoms with Gasteiger partial charge in [-0.1, -0.05) is 12.1 Å². The molecule has 0 fully saturated rings. The molecule has 2 heterocycles. The summed E-state index contributed by atoms with van der Waals surface area (Å²) in [5, 5.41) is 0. The van der Waals surface area contributed by atoms with Crippen molar-refractivity contribution in [2.75, 3.05) is 40.0 Å². The molecule has 2 aliphatic heterocycles. The second-order valence-electron chi connectivity index (χ2n) is 10.0. The van der Waals surface area contributed by atoms with Gasteiger partial charge in [-0.05, 0) is 87.8 Å². The number of fused-ring (bicyclic) bond motifs is 2. The molecule has 0 unspecified atom stereocenters. The van der Waals surface area contributed by atoms with Crippen LogP contribution in [-0.2, 0) is 38.1 Å². The molecule has 12 nitrogen and oxygen atoms in total. The number of benzene rings is 2. The molecule has 2 atom stereocenters. The maximum atomic E-state index is 13.2. The van der Waals surface area contributed by atoms with Crippen LogP contribution in [0.5, 0.6) is 23.0 Å². The SMILES string of the molecule is CCOC(=O)C(C[C@H](c1ccc2c(c1)OCO2)[C@H](CC(C(=O)OCC)C(=O)OCC)c1ccc2c(c1)OCO2)C(=O)OCC. The highest BCUT2D eigenvalue weighted by atomic mass is 16.7. The van der Waals surface area contributed by atoms with Crippen LogP contribution in [0, 0.1) is 11.8 Å². The van der Waals surface area contributed by atoms with Crippen molar-refractivity contribution in [1.29, 1.82) is 0 Å². The molecule has 2 aromatic rings. The first-order valence-electron chi connectivity index (χ1n) is 14.8. The average Bonchev–Trinajstić information content (AvgIpc) is 3.68. The van der Waals surface area contributed by atoms with Crippen molar-refractivity contribution in [3.8, 4) is 23.0 Å². The fraction of sp³-hybridized carbons (Fsp3) is 0.500. The van der Waals surface area contributed by atoms with Crippen LogP contribution in [0.1, 0.15) is 63.5 Å². The largest absolute Gasteiger partial charge is 0.465 e. The number of esters is 4. The first-order chi connectivity index (χ1) is 21.3. The van der Waals surface area contributed by atoms with Gasteiger partial charge in [0.2, 0.25) is 13.6 Å². The fourth-order valence-corrected chi connectivity index (χ4v) is 5.41. The minimum absolute atomic E-state index is 0.0388. The van der Waals surface area contributed by atoms with E-state index in [0.717, 1.165) is 0 Å². The molecule has 44 heavy (non-hydrogen) atoms. The molecule has 0 N–H and O–H groups in total. The Morgan fingerprint density at radius 3 is 1.18 bits per heavy atom. The maximum Gasteiger partial charge on any atom is 0.320 e. The van der Waals surface area contributed by atoms with Crippen molar-refractivity contribution in [1.82, 2.24) is 0 Å². The molecule has 0 saturated carbocycles. The van der Waals surface area contributed by atoms with Crippen LogP contribution < -0.4 is 18.9 Å². The topological polar surface area (TPSA) is 142 Å². The molecule has 2 aliphatic rings. The molecular weight excluding hydrogens is 576 g/mol. The van der Waals surface area contributed by atoms with Gasteiger partial charge in [0.05, 0.1) is 26.4 Å². The average molecular weight is 615 g/mol. The monoisotopic (exact) mass is 614 g/mol. The Morgan fingerprint density at radius 2 is 0.864 bits per heavy atom. The third-order valence-corrected chi connectivity index (χ3v) is 7.40. The lowest BCUT2D eigenvalue weighted by Crippen LogP contribution is -2.34. The van der Waals surface area contributed by atoms with Gasteiger partial charge >= 0.3 is 23.9 Å². The van der Waals surface area contributed by atoms with E-state index >= 15 is 0 Å². The zero-order valence-corrected chi connectivity index (χ0v) is 25.3. The van der Waals surface area contributed by atoms with E-state index in [-0.39, 0.29) is 52.9 Å². The number of hydrogen-bond acceptors (Lipinski definition) is 12. The van der Waals surface area contributed by atoms with Crippen LogP contribution in [-0.4, -0.2) is 63.9 Å². The quantitative estimate of drug-likeness (QED) is 0.161. The van der Waals surface area contributed by atoms with E-state index in [9.17, 15) is 19.2 Å². The van der Waals surface area contributed by atoms with E-state index in [4.69, 9.17) is 37.9 Å². The summed E-state index contributed by atoms with van der Waals surface area (Å²) in [6.45, 7) is 6.90. The van der Waals surface area contributed by atoms with E-state index in [2.05, 4.69) is 0 Å². The molecule has 0 bridgehead atoms. The van der Waals surface area contributed by atoms with Crippen LogP contribution >= 0.6 is 0 Å². The van der Waals surface area contributed by atoms with E-state index in [0.29, 0.717) is 34.1 Å². The minimum atomic E-state index is -1.30. The summed E-state index contributed by atoms with van der Waals surface area (Å²) in [6.07, 6.45) is -0.149. The minimum Gasteiger partial charge on any atom is -0.465 e. The van der Waals surface area contributed by atoms with Crippen LogP contribution in [0.3, 0.4) is 0 Å². The first-order valence-corrected chi connectivity index (χ1v) is 14.8. The summed E-state index contributed by atoms with van der Waals surface area (Å²) < 4.78 is 43.4. The van der Waals surface area contributed by atoms with Crippen molar-refractivity contribution in [3.63, 3.8) is 0 Å². The summed E-state index contributed by atoms with van der Waals surface area (Å²) in [4.78, 5) is 52.7. The Kier molecular flexibility index (Phi) is 11.3. The summed E-state index contributed by atoms with van der Waals surface area (Å²) >= 11 is 0. The zero-order valence-electron chi connectivity index (χ0n) is 25.3. The van der Waals surface area contributed by atoms with Crippen LogP contribution in [0.4, 0.5) is 0 Å². The molecule has 0 saturated heterocycles. The highest BCUT2D eigenvalue weighted by molar-refractivity contribution is 5.95. The van der Waals surface area contributed by atoms with Gasteiger partial charge in [-0.2, -0.15) is 0 Å². The highest BCUT2D eigenvalue weighted by Crippen LogP contribution is 2.47. The van der Waals surface area contributed by atoms with Gasteiger partial charge in [-0.3, -0.25) is 19.2 Å². The molecule has 0 amide bonds. The van der Waals surface area contributed by atoms with Gasteiger partial charge in [-0.15, -0.1) is 0 Å². The molecular formula is C32H38O12. The lowest BCUT2D eigenvalue weighted by Gasteiger charge is -2.32. The summed E-state index contributed by atoms with van der Waals surface area (Å²) in [7, 11) is 0. The Labute approximate surface area is 255 Å². The summed E-state index contributed by atoms with van der Waals surface area (Å²) in [5.74, 6) is -4.85. The zero-order chi connectivity index (χ0) is 31.6. The fourth-order valence-electron chi connectivity index (χ4n) is 5.41. The van der Waals surface area contributed by atoms with E-state index < -0.39 is 47.5 Å². The van der Waals surface area contributed by atoms with Crippen LogP contribution in [0.25, 0.3) is 0 Å². The maximum absolute atomic E-state index is 13.2. The molecule has 0 aromatic heterocycles. The number of carbonyl (C=O) groups is 4. The van der Waals surface area contributed by atoms with Crippen molar-refractivity contribution in [3.05, 3.63) is 47.5 Å². The Balaban J connectivity index is 1.87. The summed E-state index contributed by atoms with van der Waals surface area (Å²) in [5.41, 5.74) is 1.34. The molecule has 0 spiro atoms. The molecule has 0 aliphatic carbocycles. The first kappa shape index (κ1) is 32.4. The molecule has 0 radical (unpaired) electrons. The predicted octanol–water partition coefficient (Wildman–Crippen LogP) is 4.28. The van der Waals surface area contributed by atoms with Crippen molar-refractivity contribution >= 4 is 23.9 Å². The molecule has 238 valence electrons. The second-order valence-corrected chi connectivity index (χ2v) is 10.0. The van der Waals surface area contributed by atoms with E-state index in [1.807, 2.05) is 0 Å². The molecule has 4 rings (SSSR count). The lowest BCUT2D eigenvalue weighted by molar-refractivity contribution is -0.164. The van der Waals surface area contributed by atoms with Gasteiger partial charge in [0.1, 0.15) is 0 Å². The highest BCUT2D eigenvalue weighted by Gasteiger charge is 2.41. The van der Waals surface area contributed by atoms with Gasteiger partial charge in [0.15, 0.2) is 34.8 Å². The van der Waals surface area contributed by atoms with Gasteiger partial charge < -0.3 is 37.9 Å². The number of rotatable bonds is 15. The Hall–Kier alpha value is -4.48. The van der Waals surface area contributed by atoms with Crippen molar-refractivity contribution in [2.45, 2.75) is 52.4 Å². The normalized spacial score (nSPS) is 14.2. The van der Waals surface area contributed by atoms with E-state index in [1.54, 1.807) is 64.1 Å². The second kappa shape index (κ2) is 15.3. The third-order valence-electron chi connectivity index (χ3n) is 7.40. The number of hydrogen-bond donors (Lipinski definition) is 0. The van der Waals surface area contributed by atoms with Gasteiger partial charge in [0, 0.05) is 0 Å². The summed E-state index contributed by atoms with van der Waals surface area (Å²) in [6, 6.07) is 10.6. The van der Waals surface area contributed by atoms with Gasteiger partial charge in [-0.25, -0.2) is 0 Å². The standard InChI is InChI=1S/C32H38O12/c1-5-37-29(33)23(30(34)38-6-2)15-21(19-9-11-25-27(13-19)43-17-41-25)22(20-10-12-26-28(14-20)44-18-42-26)16-24(31(35)39-7-3)32(36)40-8-4/h9-14,21-24H,5-8,15-18H2,1-4H3/t21-,22-/m1/s1. The lowest BCUT2D eigenvalue weighted by atomic mass is 9.72. The predicted molar refractivity (Wildman–Crippen MR) is 153 cm³/mol. The third kappa shape index (κ3) is 7.53. The van der Waals surface area contributed by atoms with Gasteiger partial charge in [0.25, 0.3) is 0 Å². The van der Waals surface area contributed by atoms with Crippen molar-refractivity contribution < 1.29 is 57.1 Å². The molecule has 2 aromatic carbocycles. The smallest absolute Gasteiger partial charge is 0.320 e. The van der Waals surface area contributed by atoms with Crippen molar-refractivity contribution in [2.24, 2.45) is 11.8 Å². The Bertz CT molecular complexity index is 1200.